The lowest BCUT2D eigenvalue weighted by molar-refractivity contribution is 0.0960. The lowest BCUT2D eigenvalue weighted by Crippen LogP contribution is -2.43. The molecule has 26 heavy (non-hydrogen) atoms. The molecule has 1 heterocycles. The van der Waals surface area contributed by atoms with E-state index in [4.69, 9.17) is 0 Å². The van der Waals surface area contributed by atoms with Gasteiger partial charge in [0.25, 0.3) is 11.5 Å². The van der Waals surface area contributed by atoms with Crippen molar-refractivity contribution in [3.63, 3.8) is 0 Å². The fraction of sp³-hybridized carbons (Fsp3) is 0.429. The molecule has 2 aromatic rings. The first-order valence-corrected chi connectivity index (χ1v) is 9.07. The molecule has 0 saturated heterocycles. The van der Waals surface area contributed by atoms with Gasteiger partial charge in [-0.05, 0) is 44.4 Å². The molecule has 2 rings (SSSR count). The minimum absolute atomic E-state index is 0.167. The Kier molecular flexibility index (Phi) is 6.37. The Balaban J connectivity index is 2.53. The van der Waals surface area contributed by atoms with Crippen LogP contribution < -0.4 is 16.2 Å². The summed E-state index contributed by atoms with van der Waals surface area (Å²) in [6, 6.07) is 11.8. The number of amides is 1. The van der Waals surface area contributed by atoms with Gasteiger partial charge in [-0.15, -0.1) is 0 Å². The SMILES string of the molecule is CCC(C)NC(C)(C)c1cc(C(=O)NC)c(=O)n(Cc2ccccc2)c1. The summed E-state index contributed by atoms with van der Waals surface area (Å²) in [6.45, 7) is 8.82. The first-order chi connectivity index (χ1) is 12.3. The third-order valence-corrected chi connectivity index (χ3v) is 4.69. The lowest BCUT2D eigenvalue weighted by Gasteiger charge is -2.31. The molecule has 140 valence electrons. The van der Waals surface area contributed by atoms with Crippen molar-refractivity contribution in [2.24, 2.45) is 0 Å². The van der Waals surface area contributed by atoms with Crippen molar-refractivity contribution in [1.29, 1.82) is 0 Å². The van der Waals surface area contributed by atoms with Crippen molar-refractivity contribution in [2.45, 2.75) is 52.2 Å². The standard InChI is InChI=1S/C21H29N3O2/c1-6-15(2)23-21(3,4)17-12-18(19(25)22-5)20(26)24(14-17)13-16-10-8-7-9-11-16/h7-12,14-15,23H,6,13H2,1-5H3,(H,22,25). The molecule has 0 aliphatic heterocycles. The lowest BCUT2D eigenvalue weighted by atomic mass is 9.93. The summed E-state index contributed by atoms with van der Waals surface area (Å²) in [5, 5.41) is 6.14. The molecule has 1 unspecified atom stereocenters. The maximum absolute atomic E-state index is 12.8. The second kappa shape index (κ2) is 8.32. The van der Waals surface area contributed by atoms with Crippen LogP contribution in [0, 0.1) is 0 Å². The average Bonchev–Trinajstić information content (AvgIpc) is 2.63. The van der Waals surface area contributed by atoms with Crippen LogP contribution in [-0.2, 0) is 12.1 Å². The summed E-state index contributed by atoms with van der Waals surface area (Å²) < 4.78 is 1.62. The third-order valence-electron chi connectivity index (χ3n) is 4.69. The summed E-state index contributed by atoms with van der Waals surface area (Å²) >= 11 is 0. The largest absolute Gasteiger partial charge is 0.355 e. The van der Waals surface area contributed by atoms with Gasteiger partial charge in [-0.1, -0.05) is 37.3 Å². The molecule has 0 fully saturated rings. The molecule has 5 heteroatoms. The van der Waals surface area contributed by atoms with E-state index in [2.05, 4.69) is 38.3 Å². The molecular weight excluding hydrogens is 326 g/mol. The van der Waals surface area contributed by atoms with E-state index < -0.39 is 0 Å². The Morgan fingerprint density at radius 2 is 1.88 bits per heavy atom. The van der Waals surface area contributed by atoms with Crippen LogP contribution in [0.5, 0.6) is 0 Å². The van der Waals surface area contributed by atoms with Gasteiger partial charge in [0.2, 0.25) is 0 Å². The second-order valence-corrected chi connectivity index (χ2v) is 7.22. The molecule has 1 aromatic carbocycles. The highest BCUT2D eigenvalue weighted by Crippen LogP contribution is 2.21. The Morgan fingerprint density at radius 1 is 1.23 bits per heavy atom. The minimum Gasteiger partial charge on any atom is -0.355 e. The monoisotopic (exact) mass is 355 g/mol. The zero-order chi connectivity index (χ0) is 19.3. The number of rotatable bonds is 7. The molecule has 1 atom stereocenters. The minimum atomic E-state index is -0.371. The summed E-state index contributed by atoms with van der Waals surface area (Å²) in [4.78, 5) is 25.1. The zero-order valence-corrected chi connectivity index (χ0v) is 16.3. The number of carbonyl (C=O) groups excluding carboxylic acids is 1. The summed E-state index contributed by atoms with van der Waals surface area (Å²) in [7, 11) is 1.54. The number of pyridine rings is 1. The van der Waals surface area contributed by atoms with Crippen LogP contribution in [0.1, 0.15) is 55.6 Å². The maximum atomic E-state index is 12.8. The van der Waals surface area contributed by atoms with E-state index in [0.717, 1.165) is 17.5 Å². The molecule has 0 radical (unpaired) electrons. The predicted octanol–water partition coefficient (Wildman–Crippen LogP) is 2.88. The van der Waals surface area contributed by atoms with Crippen LogP contribution in [0.25, 0.3) is 0 Å². The van der Waals surface area contributed by atoms with Gasteiger partial charge < -0.3 is 15.2 Å². The van der Waals surface area contributed by atoms with Gasteiger partial charge in [-0.2, -0.15) is 0 Å². The predicted molar refractivity (Wildman–Crippen MR) is 106 cm³/mol. The van der Waals surface area contributed by atoms with Crippen LogP contribution >= 0.6 is 0 Å². The van der Waals surface area contributed by atoms with Crippen LogP contribution in [0.4, 0.5) is 0 Å². The third kappa shape index (κ3) is 4.61. The Morgan fingerprint density at radius 3 is 2.46 bits per heavy atom. The fourth-order valence-electron chi connectivity index (χ4n) is 2.97. The smallest absolute Gasteiger partial charge is 0.263 e. The molecule has 0 saturated carbocycles. The quantitative estimate of drug-likeness (QED) is 0.803. The summed E-state index contributed by atoms with van der Waals surface area (Å²) in [5.41, 5.74) is 1.44. The molecule has 0 aliphatic carbocycles. The Bertz CT molecular complexity index is 810. The van der Waals surface area contributed by atoms with Gasteiger partial charge in [0.1, 0.15) is 5.56 Å². The van der Waals surface area contributed by atoms with Crippen molar-refractivity contribution in [2.75, 3.05) is 7.05 Å². The first kappa shape index (κ1) is 19.9. The number of nitrogens with one attached hydrogen (secondary N) is 2. The van der Waals surface area contributed by atoms with Crippen LogP contribution in [-0.4, -0.2) is 23.6 Å². The zero-order valence-electron chi connectivity index (χ0n) is 16.3. The summed E-state index contributed by atoms with van der Waals surface area (Å²) in [5.74, 6) is -0.363. The van der Waals surface area contributed by atoms with Crippen LogP contribution in [0.15, 0.2) is 47.4 Å². The normalized spacial score (nSPS) is 12.7. The van der Waals surface area contributed by atoms with Crippen molar-refractivity contribution in [1.82, 2.24) is 15.2 Å². The number of benzene rings is 1. The van der Waals surface area contributed by atoms with Gasteiger partial charge in [-0.3, -0.25) is 9.59 Å². The number of nitrogens with zero attached hydrogens (tertiary/aromatic N) is 1. The fourth-order valence-corrected chi connectivity index (χ4v) is 2.97. The van der Waals surface area contributed by atoms with Crippen LogP contribution in [0.2, 0.25) is 0 Å². The number of aromatic nitrogens is 1. The maximum Gasteiger partial charge on any atom is 0.263 e. The average molecular weight is 355 g/mol. The summed E-state index contributed by atoms with van der Waals surface area (Å²) in [6.07, 6.45) is 2.85. The molecule has 1 amide bonds. The first-order valence-electron chi connectivity index (χ1n) is 9.07. The van der Waals surface area contributed by atoms with Gasteiger partial charge in [-0.25, -0.2) is 0 Å². The highest BCUT2D eigenvalue weighted by Gasteiger charge is 2.25. The van der Waals surface area contributed by atoms with E-state index >= 15 is 0 Å². The van der Waals surface area contributed by atoms with E-state index in [0.29, 0.717) is 12.6 Å². The molecule has 0 bridgehead atoms. The highest BCUT2D eigenvalue weighted by molar-refractivity contribution is 5.93. The topological polar surface area (TPSA) is 63.1 Å². The van der Waals surface area contributed by atoms with Gasteiger partial charge in [0, 0.05) is 24.8 Å². The number of hydrogen-bond acceptors (Lipinski definition) is 3. The van der Waals surface area contributed by atoms with Crippen molar-refractivity contribution in [3.05, 3.63) is 69.6 Å². The second-order valence-electron chi connectivity index (χ2n) is 7.22. The molecule has 0 spiro atoms. The number of carbonyl (C=O) groups is 1. The van der Waals surface area contributed by atoms with E-state index in [1.165, 1.54) is 0 Å². The van der Waals surface area contributed by atoms with E-state index in [9.17, 15) is 9.59 Å². The van der Waals surface area contributed by atoms with E-state index in [1.54, 1.807) is 17.7 Å². The van der Waals surface area contributed by atoms with Gasteiger partial charge in [0.15, 0.2) is 0 Å². The van der Waals surface area contributed by atoms with E-state index in [-0.39, 0.29) is 22.6 Å². The molecule has 0 aliphatic rings. The number of hydrogen-bond donors (Lipinski definition) is 2. The van der Waals surface area contributed by atoms with Crippen molar-refractivity contribution >= 4 is 5.91 Å². The highest BCUT2D eigenvalue weighted by atomic mass is 16.2. The molecular formula is C21H29N3O2. The van der Waals surface area contributed by atoms with Gasteiger partial charge >= 0.3 is 0 Å². The van der Waals surface area contributed by atoms with E-state index in [1.807, 2.05) is 36.5 Å². The molecule has 2 N–H and O–H groups in total. The van der Waals surface area contributed by atoms with Crippen LogP contribution in [0.3, 0.4) is 0 Å². The van der Waals surface area contributed by atoms with Crippen molar-refractivity contribution in [3.8, 4) is 0 Å². The Labute approximate surface area is 155 Å². The molecule has 5 nitrogen and oxygen atoms in total. The van der Waals surface area contributed by atoms with Gasteiger partial charge in [0.05, 0.1) is 6.54 Å². The molecule has 1 aromatic heterocycles. The van der Waals surface area contributed by atoms with Crippen molar-refractivity contribution < 1.29 is 4.79 Å². The Hall–Kier alpha value is -2.40.